The van der Waals surface area contributed by atoms with Crippen molar-refractivity contribution < 1.29 is 8.42 Å². The highest BCUT2D eigenvalue weighted by atomic mass is 35.5. The molecule has 0 spiro atoms. The molecule has 0 atom stereocenters. The van der Waals surface area contributed by atoms with Crippen molar-refractivity contribution in [3.05, 3.63) is 53.1 Å². The number of nitrogens with zero attached hydrogens (tertiary/aromatic N) is 1. The van der Waals surface area contributed by atoms with Crippen LogP contribution in [0.5, 0.6) is 0 Å². The molecule has 1 aliphatic rings. The lowest BCUT2D eigenvalue weighted by Crippen LogP contribution is -2.41. The number of nitrogens with one attached hydrogen (secondary N) is 2. The summed E-state index contributed by atoms with van der Waals surface area (Å²) in [7, 11) is -1.62. The molecule has 0 bridgehead atoms. The Labute approximate surface area is 160 Å². The quantitative estimate of drug-likeness (QED) is 0.814. The fourth-order valence-corrected chi connectivity index (χ4v) is 4.47. The van der Waals surface area contributed by atoms with Crippen molar-refractivity contribution in [3.63, 3.8) is 0 Å². The van der Waals surface area contributed by atoms with Gasteiger partial charge in [-0.2, -0.15) is 0 Å². The highest BCUT2D eigenvalue weighted by molar-refractivity contribution is 7.92. The summed E-state index contributed by atoms with van der Waals surface area (Å²) in [6, 6.07) is 12.4. The van der Waals surface area contributed by atoms with Crippen molar-refractivity contribution in [1.82, 2.24) is 5.32 Å². The van der Waals surface area contributed by atoms with Crippen LogP contribution in [-0.4, -0.2) is 34.6 Å². The molecule has 0 saturated carbocycles. The number of hydrogen-bond donors (Lipinski definition) is 2. The molecule has 0 aliphatic carbocycles. The number of anilines is 2. The first kappa shape index (κ1) is 19.0. The number of aryl methyl sites for hydroxylation is 1. The van der Waals surface area contributed by atoms with Gasteiger partial charge in [-0.3, -0.25) is 4.72 Å². The van der Waals surface area contributed by atoms with Gasteiger partial charge in [0.2, 0.25) is 0 Å². The van der Waals surface area contributed by atoms with Gasteiger partial charge in [0.05, 0.1) is 21.3 Å². The second-order valence-electron chi connectivity index (χ2n) is 6.68. The van der Waals surface area contributed by atoms with Crippen LogP contribution in [0.2, 0.25) is 5.02 Å². The molecular weight excluding hydrogens is 370 g/mol. The summed E-state index contributed by atoms with van der Waals surface area (Å²) in [6.45, 7) is 3.88. The Morgan fingerprint density at radius 1 is 1.12 bits per heavy atom. The van der Waals surface area contributed by atoms with Gasteiger partial charge in [0.1, 0.15) is 0 Å². The molecule has 7 heteroatoms. The smallest absolute Gasteiger partial charge is 0.261 e. The Bertz CT molecular complexity index is 863. The highest BCUT2D eigenvalue weighted by Gasteiger charge is 2.21. The average molecular weight is 394 g/mol. The first-order valence-corrected chi connectivity index (χ1v) is 10.6. The SMILES string of the molecule is Cc1ccc(S(=O)(=O)Nc2ccc(Cl)c(N(C)C3CCNCC3)c2)cc1. The molecule has 3 rings (SSSR count). The van der Waals surface area contributed by atoms with Gasteiger partial charge >= 0.3 is 0 Å². The zero-order valence-electron chi connectivity index (χ0n) is 15.0. The molecule has 2 aromatic rings. The maximum Gasteiger partial charge on any atom is 0.261 e. The average Bonchev–Trinajstić information content (AvgIpc) is 2.63. The van der Waals surface area contributed by atoms with E-state index in [0.29, 0.717) is 16.8 Å². The zero-order valence-corrected chi connectivity index (χ0v) is 16.6. The van der Waals surface area contributed by atoms with Crippen molar-refractivity contribution in [2.24, 2.45) is 0 Å². The van der Waals surface area contributed by atoms with E-state index in [1.54, 1.807) is 42.5 Å². The molecular formula is C19H24ClN3O2S. The van der Waals surface area contributed by atoms with Crippen LogP contribution in [0, 0.1) is 6.92 Å². The molecule has 140 valence electrons. The topological polar surface area (TPSA) is 61.4 Å². The highest BCUT2D eigenvalue weighted by Crippen LogP contribution is 2.32. The van der Waals surface area contributed by atoms with Crippen LogP contribution in [0.3, 0.4) is 0 Å². The van der Waals surface area contributed by atoms with Crippen molar-refractivity contribution >= 4 is 33.0 Å². The Kier molecular flexibility index (Phi) is 5.75. The van der Waals surface area contributed by atoms with E-state index in [2.05, 4.69) is 14.9 Å². The van der Waals surface area contributed by atoms with Crippen molar-refractivity contribution in [1.29, 1.82) is 0 Å². The number of hydrogen-bond acceptors (Lipinski definition) is 4. The third kappa shape index (κ3) is 4.31. The number of benzene rings is 2. The first-order chi connectivity index (χ1) is 12.4. The Morgan fingerprint density at radius 2 is 1.77 bits per heavy atom. The lowest BCUT2D eigenvalue weighted by Gasteiger charge is -2.34. The van der Waals surface area contributed by atoms with Gasteiger partial charge in [-0.15, -0.1) is 0 Å². The van der Waals surface area contributed by atoms with E-state index in [1.807, 2.05) is 14.0 Å². The second-order valence-corrected chi connectivity index (χ2v) is 8.77. The lowest BCUT2D eigenvalue weighted by molar-refractivity contribution is 0.443. The zero-order chi connectivity index (χ0) is 18.7. The number of sulfonamides is 1. The monoisotopic (exact) mass is 393 g/mol. The largest absolute Gasteiger partial charge is 0.370 e. The van der Waals surface area contributed by atoms with Gasteiger partial charge in [-0.25, -0.2) is 8.42 Å². The van der Waals surface area contributed by atoms with Crippen LogP contribution in [-0.2, 0) is 10.0 Å². The molecule has 26 heavy (non-hydrogen) atoms. The molecule has 0 aromatic heterocycles. The maximum atomic E-state index is 12.6. The van der Waals surface area contributed by atoms with E-state index >= 15 is 0 Å². The van der Waals surface area contributed by atoms with Crippen LogP contribution < -0.4 is 14.9 Å². The predicted molar refractivity (Wildman–Crippen MR) is 108 cm³/mol. The minimum atomic E-state index is -3.63. The minimum Gasteiger partial charge on any atom is -0.370 e. The van der Waals surface area contributed by atoms with Crippen molar-refractivity contribution in [2.45, 2.75) is 30.7 Å². The van der Waals surface area contributed by atoms with Crippen LogP contribution in [0.15, 0.2) is 47.4 Å². The molecule has 0 amide bonds. The summed E-state index contributed by atoms with van der Waals surface area (Å²) in [5, 5.41) is 3.96. The fraction of sp³-hybridized carbons (Fsp3) is 0.368. The van der Waals surface area contributed by atoms with E-state index in [0.717, 1.165) is 37.2 Å². The molecule has 1 heterocycles. The number of halogens is 1. The second kappa shape index (κ2) is 7.86. The molecule has 1 aliphatic heterocycles. The summed E-state index contributed by atoms with van der Waals surface area (Å²) in [4.78, 5) is 2.39. The Morgan fingerprint density at radius 3 is 2.42 bits per heavy atom. The predicted octanol–water partition coefficient (Wildman–Crippen LogP) is 3.64. The standard InChI is InChI=1S/C19H24ClN3O2S/c1-14-3-6-17(7-4-14)26(24,25)22-15-5-8-18(20)19(13-15)23(2)16-9-11-21-12-10-16/h3-8,13,16,21-22H,9-12H2,1-2H3. The summed E-state index contributed by atoms with van der Waals surface area (Å²) < 4.78 is 27.9. The number of rotatable bonds is 5. The van der Waals surface area contributed by atoms with E-state index in [4.69, 9.17) is 11.6 Å². The third-order valence-electron chi connectivity index (χ3n) is 4.77. The molecule has 5 nitrogen and oxygen atoms in total. The third-order valence-corrected chi connectivity index (χ3v) is 6.48. The maximum absolute atomic E-state index is 12.6. The molecule has 2 N–H and O–H groups in total. The fourth-order valence-electron chi connectivity index (χ4n) is 3.17. The summed E-state index contributed by atoms with van der Waals surface area (Å²) in [6.07, 6.45) is 2.07. The van der Waals surface area contributed by atoms with Gasteiger partial charge in [0.15, 0.2) is 0 Å². The lowest BCUT2D eigenvalue weighted by atomic mass is 10.0. The molecule has 0 unspecified atom stereocenters. The van der Waals surface area contributed by atoms with E-state index < -0.39 is 10.0 Å². The van der Waals surface area contributed by atoms with Crippen molar-refractivity contribution in [3.8, 4) is 0 Å². The van der Waals surface area contributed by atoms with Gasteiger partial charge < -0.3 is 10.2 Å². The van der Waals surface area contributed by atoms with Crippen LogP contribution in [0.4, 0.5) is 11.4 Å². The Balaban J connectivity index is 1.83. The van der Waals surface area contributed by atoms with Gasteiger partial charge in [-0.1, -0.05) is 29.3 Å². The van der Waals surface area contributed by atoms with Crippen LogP contribution in [0.25, 0.3) is 0 Å². The molecule has 2 aromatic carbocycles. The van der Waals surface area contributed by atoms with Gasteiger partial charge in [0, 0.05) is 13.1 Å². The van der Waals surface area contributed by atoms with Crippen LogP contribution in [0.1, 0.15) is 18.4 Å². The summed E-state index contributed by atoms with van der Waals surface area (Å²) >= 11 is 6.38. The normalized spacial score (nSPS) is 15.7. The van der Waals surface area contributed by atoms with Crippen LogP contribution >= 0.6 is 11.6 Å². The molecule has 1 saturated heterocycles. The van der Waals surface area contributed by atoms with Crippen molar-refractivity contribution in [2.75, 3.05) is 29.8 Å². The number of piperidine rings is 1. The summed E-state index contributed by atoms with van der Waals surface area (Å²) in [5.41, 5.74) is 2.36. The van der Waals surface area contributed by atoms with E-state index in [9.17, 15) is 8.42 Å². The van der Waals surface area contributed by atoms with E-state index in [1.165, 1.54) is 0 Å². The Hall–Kier alpha value is -1.76. The summed E-state index contributed by atoms with van der Waals surface area (Å²) in [5.74, 6) is 0. The minimum absolute atomic E-state index is 0.242. The molecule has 1 fully saturated rings. The van der Waals surface area contributed by atoms with E-state index in [-0.39, 0.29) is 4.90 Å². The van der Waals surface area contributed by atoms with Gasteiger partial charge in [0.25, 0.3) is 10.0 Å². The first-order valence-electron chi connectivity index (χ1n) is 8.69. The van der Waals surface area contributed by atoms with Gasteiger partial charge in [-0.05, 0) is 63.2 Å². The molecule has 0 radical (unpaired) electrons.